The van der Waals surface area contributed by atoms with Crippen molar-refractivity contribution in [2.24, 2.45) is 0 Å². The van der Waals surface area contributed by atoms with E-state index in [4.69, 9.17) is 9.26 Å². The monoisotopic (exact) mass is 326 g/mol. The van der Waals surface area contributed by atoms with Gasteiger partial charge in [-0.15, -0.1) is 0 Å². The maximum atomic E-state index is 11.2. The van der Waals surface area contributed by atoms with E-state index in [0.717, 1.165) is 26.2 Å². The molecule has 8 heteroatoms. The Morgan fingerprint density at radius 3 is 2.61 bits per heavy atom. The smallest absolute Gasteiger partial charge is 0.320 e. The van der Waals surface area contributed by atoms with E-state index in [-0.39, 0.29) is 12.1 Å². The number of carbonyl (C=O) groups is 1. The van der Waals surface area contributed by atoms with E-state index < -0.39 is 5.97 Å². The Balaban J connectivity index is 1.83. The Labute approximate surface area is 136 Å². The van der Waals surface area contributed by atoms with Crippen molar-refractivity contribution in [1.82, 2.24) is 19.9 Å². The lowest BCUT2D eigenvalue weighted by Crippen LogP contribution is -2.52. The zero-order valence-corrected chi connectivity index (χ0v) is 14.1. The fourth-order valence-corrected chi connectivity index (χ4v) is 2.84. The molecule has 1 aromatic heterocycles. The molecule has 2 heterocycles. The van der Waals surface area contributed by atoms with Gasteiger partial charge >= 0.3 is 5.97 Å². The number of hydrogen-bond donors (Lipinski definition) is 1. The van der Waals surface area contributed by atoms with Gasteiger partial charge in [0.25, 0.3) is 0 Å². The first-order valence-corrected chi connectivity index (χ1v) is 8.18. The van der Waals surface area contributed by atoms with Crippen molar-refractivity contribution in [3.05, 3.63) is 11.7 Å². The Bertz CT molecular complexity index is 499. The molecule has 1 N–H and O–H groups in total. The summed E-state index contributed by atoms with van der Waals surface area (Å²) in [6.45, 7) is 9.99. The second-order valence-electron chi connectivity index (χ2n) is 5.72. The predicted octanol–water partition coefficient (Wildman–Crippen LogP) is 1.15. The predicted molar refractivity (Wildman–Crippen MR) is 82.9 cm³/mol. The summed E-state index contributed by atoms with van der Waals surface area (Å²) in [5.41, 5.74) is 0. The van der Waals surface area contributed by atoms with Crippen LogP contribution < -0.4 is 0 Å². The molecule has 1 fully saturated rings. The summed E-state index contributed by atoms with van der Waals surface area (Å²) in [5.74, 6) is 0.398. The van der Waals surface area contributed by atoms with Gasteiger partial charge in [0, 0.05) is 32.8 Å². The first kappa shape index (κ1) is 17.8. The molecule has 8 nitrogen and oxygen atoms in total. The minimum atomic E-state index is -0.743. The van der Waals surface area contributed by atoms with Crippen LogP contribution in [0, 0.1) is 0 Å². The van der Waals surface area contributed by atoms with Gasteiger partial charge in [0.05, 0.1) is 6.54 Å². The normalized spacial score (nSPS) is 19.6. The minimum Gasteiger partial charge on any atom is -0.480 e. The van der Waals surface area contributed by atoms with Crippen LogP contribution in [0.4, 0.5) is 0 Å². The Morgan fingerprint density at radius 2 is 2.04 bits per heavy atom. The quantitative estimate of drug-likeness (QED) is 0.760. The van der Waals surface area contributed by atoms with Crippen molar-refractivity contribution in [3.8, 4) is 0 Å². The largest absolute Gasteiger partial charge is 0.480 e. The Hall–Kier alpha value is -1.51. The number of piperazine rings is 1. The topological polar surface area (TPSA) is 91.9 Å². The molecule has 0 bridgehead atoms. The molecular formula is C15H26N4O4. The molecule has 0 radical (unpaired) electrons. The minimum absolute atomic E-state index is 0.171. The van der Waals surface area contributed by atoms with E-state index in [1.54, 1.807) is 0 Å². The molecule has 2 rings (SSSR count). The van der Waals surface area contributed by atoms with E-state index in [0.29, 0.717) is 31.3 Å². The molecule has 130 valence electrons. The summed E-state index contributed by atoms with van der Waals surface area (Å²) in [6, 6.07) is -0.390. The molecule has 0 aromatic carbocycles. The summed E-state index contributed by atoms with van der Waals surface area (Å²) >= 11 is 0. The van der Waals surface area contributed by atoms with Gasteiger partial charge in [-0.3, -0.25) is 14.6 Å². The number of nitrogens with zero attached hydrogens (tertiary/aromatic N) is 4. The van der Waals surface area contributed by atoms with Crippen LogP contribution in [0.25, 0.3) is 0 Å². The van der Waals surface area contributed by atoms with Crippen molar-refractivity contribution in [1.29, 1.82) is 0 Å². The number of aromatic nitrogens is 2. The van der Waals surface area contributed by atoms with Gasteiger partial charge in [0.15, 0.2) is 5.82 Å². The fraction of sp³-hybridized carbons (Fsp3) is 0.800. The van der Waals surface area contributed by atoms with Crippen molar-refractivity contribution < 1.29 is 19.2 Å². The highest BCUT2D eigenvalue weighted by Crippen LogP contribution is 2.15. The Morgan fingerprint density at radius 1 is 1.35 bits per heavy atom. The zero-order chi connectivity index (χ0) is 16.8. The third kappa shape index (κ3) is 4.73. The number of aliphatic carboxylic acids is 1. The molecule has 0 saturated carbocycles. The lowest BCUT2D eigenvalue weighted by molar-refractivity contribution is -0.144. The standard InChI is InChI=1S/C15H26N4O4/c1-4-12(15(20)21)19-8-6-18(7-9-19)10-13-16-14(17-23-13)11(3)22-5-2/h11-12H,4-10H2,1-3H3,(H,20,21). The third-order valence-corrected chi connectivity index (χ3v) is 4.14. The summed E-state index contributed by atoms with van der Waals surface area (Å²) in [4.78, 5) is 19.8. The van der Waals surface area contributed by atoms with Crippen molar-refractivity contribution in [2.45, 2.75) is 45.9 Å². The summed E-state index contributed by atoms with van der Waals surface area (Å²) in [7, 11) is 0. The van der Waals surface area contributed by atoms with E-state index in [2.05, 4.69) is 15.0 Å². The molecule has 0 aliphatic carbocycles. The van der Waals surface area contributed by atoms with Crippen LogP contribution in [0.5, 0.6) is 0 Å². The first-order chi connectivity index (χ1) is 11.0. The number of rotatable bonds is 8. The molecule has 23 heavy (non-hydrogen) atoms. The van der Waals surface area contributed by atoms with Crippen LogP contribution in [-0.4, -0.2) is 69.8 Å². The fourth-order valence-electron chi connectivity index (χ4n) is 2.84. The van der Waals surface area contributed by atoms with Gasteiger partial charge in [-0.25, -0.2) is 0 Å². The van der Waals surface area contributed by atoms with E-state index in [1.807, 2.05) is 25.7 Å². The number of hydrogen-bond acceptors (Lipinski definition) is 7. The highest BCUT2D eigenvalue weighted by Gasteiger charge is 2.28. The van der Waals surface area contributed by atoms with Crippen molar-refractivity contribution in [3.63, 3.8) is 0 Å². The van der Waals surface area contributed by atoms with Crippen LogP contribution in [0.15, 0.2) is 4.52 Å². The number of carboxylic acid groups (broad SMARTS) is 1. The Kier molecular flexibility index (Phi) is 6.49. The van der Waals surface area contributed by atoms with Gasteiger partial charge in [-0.05, 0) is 20.3 Å². The number of carboxylic acids is 1. The zero-order valence-electron chi connectivity index (χ0n) is 14.1. The molecule has 1 aromatic rings. The van der Waals surface area contributed by atoms with Crippen molar-refractivity contribution in [2.75, 3.05) is 32.8 Å². The van der Waals surface area contributed by atoms with Gasteiger partial charge in [0.2, 0.25) is 5.89 Å². The SMILES string of the molecule is CCOC(C)c1noc(CN2CCN(C(CC)C(=O)O)CC2)n1. The van der Waals surface area contributed by atoms with Crippen LogP contribution in [0.1, 0.15) is 45.0 Å². The molecule has 0 amide bonds. The van der Waals surface area contributed by atoms with Gasteiger partial charge in [0.1, 0.15) is 12.1 Å². The van der Waals surface area contributed by atoms with Gasteiger partial charge < -0.3 is 14.4 Å². The highest BCUT2D eigenvalue weighted by molar-refractivity contribution is 5.73. The lowest BCUT2D eigenvalue weighted by Gasteiger charge is -2.36. The molecule has 1 aliphatic rings. The van der Waals surface area contributed by atoms with Gasteiger partial charge in [-0.1, -0.05) is 12.1 Å². The average Bonchev–Trinajstić information content (AvgIpc) is 2.98. The van der Waals surface area contributed by atoms with Gasteiger partial charge in [-0.2, -0.15) is 4.98 Å². The van der Waals surface area contributed by atoms with E-state index in [1.165, 1.54) is 0 Å². The average molecular weight is 326 g/mol. The maximum absolute atomic E-state index is 11.2. The second kappa shape index (κ2) is 8.37. The molecular weight excluding hydrogens is 300 g/mol. The van der Waals surface area contributed by atoms with Crippen LogP contribution in [-0.2, 0) is 16.1 Å². The molecule has 1 saturated heterocycles. The van der Waals surface area contributed by atoms with E-state index >= 15 is 0 Å². The van der Waals surface area contributed by atoms with Crippen LogP contribution in [0.2, 0.25) is 0 Å². The van der Waals surface area contributed by atoms with Crippen LogP contribution >= 0.6 is 0 Å². The third-order valence-electron chi connectivity index (χ3n) is 4.14. The van der Waals surface area contributed by atoms with Crippen LogP contribution in [0.3, 0.4) is 0 Å². The van der Waals surface area contributed by atoms with Crippen molar-refractivity contribution >= 4 is 5.97 Å². The summed E-state index contributed by atoms with van der Waals surface area (Å²) in [6.07, 6.45) is 0.452. The maximum Gasteiger partial charge on any atom is 0.320 e. The highest BCUT2D eigenvalue weighted by atomic mass is 16.5. The molecule has 1 aliphatic heterocycles. The first-order valence-electron chi connectivity index (χ1n) is 8.18. The summed E-state index contributed by atoms with van der Waals surface area (Å²) in [5, 5.41) is 13.2. The lowest BCUT2D eigenvalue weighted by atomic mass is 10.1. The van der Waals surface area contributed by atoms with E-state index in [9.17, 15) is 9.90 Å². The second-order valence-corrected chi connectivity index (χ2v) is 5.72. The molecule has 0 spiro atoms. The number of ether oxygens (including phenoxy) is 1. The molecule has 2 atom stereocenters. The molecule has 2 unspecified atom stereocenters. The summed E-state index contributed by atoms with van der Waals surface area (Å²) < 4.78 is 10.7.